The molecule has 0 bridgehead atoms. The molecule has 2 aromatic carbocycles. The zero-order valence-electron chi connectivity index (χ0n) is 18.0. The number of primary amides is 1. The lowest BCUT2D eigenvalue weighted by Crippen LogP contribution is -2.20. The average Bonchev–Trinajstić information content (AvgIpc) is 3.27. The number of nitrogens with one attached hydrogen (secondary N) is 2. The minimum Gasteiger partial charge on any atom is -0.364 e. The smallest absolute Gasteiger partial charge is 0.323 e. The summed E-state index contributed by atoms with van der Waals surface area (Å²) in [5, 5.41) is 9.56. The van der Waals surface area contributed by atoms with Crippen LogP contribution in [-0.2, 0) is 6.54 Å². The van der Waals surface area contributed by atoms with Gasteiger partial charge in [-0.1, -0.05) is 6.07 Å². The minimum atomic E-state index is -0.688. The molecule has 2 aromatic heterocycles. The van der Waals surface area contributed by atoms with Gasteiger partial charge in [0.05, 0.1) is 5.69 Å². The van der Waals surface area contributed by atoms with Gasteiger partial charge in [-0.25, -0.2) is 13.6 Å². The van der Waals surface area contributed by atoms with E-state index in [4.69, 9.17) is 5.73 Å². The van der Waals surface area contributed by atoms with Crippen LogP contribution in [-0.4, -0.2) is 26.7 Å². The second-order valence-corrected chi connectivity index (χ2v) is 7.32. The highest BCUT2D eigenvalue weighted by molar-refractivity contribution is 6.00. The van der Waals surface area contributed by atoms with Gasteiger partial charge in [-0.05, 0) is 61.0 Å². The number of carbonyl (C=O) groups excluding carboxylic acids is 2. The number of aromatic nitrogens is 3. The van der Waals surface area contributed by atoms with Gasteiger partial charge >= 0.3 is 6.03 Å². The molecule has 0 aliphatic rings. The van der Waals surface area contributed by atoms with Crippen LogP contribution in [0.3, 0.4) is 0 Å². The molecule has 0 fully saturated rings. The van der Waals surface area contributed by atoms with E-state index in [-0.39, 0.29) is 11.4 Å². The quantitative estimate of drug-likeness (QED) is 0.387. The Morgan fingerprint density at radius 1 is 1.00 bits per heavy atom. The number of halogens is 2. The molecule has 8 nitrogen and oxygen atoms in total. The lowest BCUT2D eigenvalue weighted by molar-refractivity contribution is 0.0995. The van der Waals surface area contributed by atoms with Crippen LogP contribution < -0.4 is 16.4 Å². The predicted molar refractivity (Wildman–Crippen MR) is 124 cm³/mol. The molecular formula is C24H20F2N6O2. The van der Waals surface area contributed by atoms with Crippen LogP contribution in [0.1, 0.15) is 17.4 Å². The molecule has 2 heterocycles. The second kappa shape index (κ2) is 9.49. The van der Waals surface area contributed by atoms with Crippen molar-refractivity contribution in [3.63, 3.8) is 0 Å². The Morgan fingerprint density at radius 2 is 1.76 bits per heavy atom. The number of pyridine rings is 1. The summed E-state index contributed by atoms with van der Waals surface area (Å²) < 4.78 is 29.3. The Hall–Kier alpha value is -4.60. The van der Waals surface area contributed by atoms with Crippen molar-refractivity contribution in [1.29, 1.82) is 0 Å². The molecule has 0 radical (unpaired) electrons. The van der Waals surface area contributed by atoms with Crippen molar-refractivity contribution < 1.29 is 18.4 Å². The SMILES string of the molecule is CCn1cc(-c2ccc(F)c(NC(=O)Nc3ccc(F)cc3)c2)c(-c2ccnc(C(N)=O)c2)n1. The van der Waals surface area contributed by atoms with Crippen LogP contribution in [0, 0.1) is 11.6 Å². The molecule has 0 saturated carbocycles. The van der Waals surface area contributed by atoms with Gasteiger partial charge in [0, 0.05) is 35.8 Å². The molecule has 0 unspecified atom stereocenters. The van der Waals surface area contributed by atoms with Crippen molar-refractivity contribution in [2.45, 2.75) is 13.5 Å². The maximum Gasteiger partial charge on any atom is 0.323 e. The molecule has 4 rings (SSSR count). The number of urea groups is 1. The van der Waals surface area contributed by atoms with Crippen LogP contribution in [0.25, 0.3) is 22.4 Å². The summed E-state index contributed by atoms with van der Waals surface area (Å²) in [5.74, 6) is -1.74. The molecule has 4 N–H and O–H groups in total. The third-order valence-corrected chi connectivity index (χ3v) is 5.00. The van der Waals surface area contributed by atoms with Gasteiger partial charge in [0.1, 0.15) is 23.0 Å². The van der Waals surface area contributed by atoms with E-state index in [0.717, 1.165) is 0 Å². The summed E-state index contributed by atoms with van der Waals surface area (Å²) in [6.45, 7) is 2.49. The Balaban J connectivity index is 1.66. The fraction of sp³-hybridized carbons (Fsp3) is 0.0833. The number of hydrogen-bond acceptors (Lipinski definition) is 4. The lowest BCUT2D eigenvalue weighted by atomic mass is 10.0. The van der Waals surface area contributed by atoms with Crippen molar-refractivity contribution >= 4 is 23.3 Å². The van der Waals surface area contributed by atoms with Gasteiger partial charge in [0.2, 0.25) is 0 Å². The number of carbonyl (C=O) groups is 2. The van der Waals surface area contributed by atoms with Crippen LogP contribution in [0.2, 0.25) is 0 Å². The molecule has 4 aromatic rings. The lowest BCUT2D eigenvalue weighted by Gasteiger charge is -2.11. The summed E-state index contributed by atoms with van der Waals surface area (Å²) in [7, 11) is 0. The standard InChI is InChI=1S/C24H20F2N6O2/c1-2-32-13-18(22(31-32)15-9-10-28-21(12-15)23(27)33)14-3-8-19(26)20(11-14)30-24(34)29-17-6-4-16(25)5-7-17/h3-13H,2H2,1H3,(H2,27,33)(H2,29,30,34). The highest BCUT2D eigenvalue weighted by atomic mass is 19.1. The molecule has 0 atom stereocenters. The van der Waals surface area contributed by atoms with E-state index in [2.05, 4.69) is 20.7 Å². The largest absolute Gasteiger partial charge is 0.364 e. The van der Waals surface area contributed by atoms with Crippen LogP contribution >= 0.6 is 0 Å². The van der Waals surface area contributed by atoms with Crippen molar-refractivity contribution in [3.05, 3.63) is 84.3 Å². The first-order chi connectivity index (χ1) is 16.3. The first-order valence-electron chi connectivity index (χ1n) is 10.3. The van der Waals surface area contributed by atoms with E-state index in [9.17, 15) is 18.4 Å². The summed E-state index contributed by atoms with van der Waals surface area (Å²) >= 11 is 0. The Morgan fingerprint density at radius 3 is 2.47 bits per heavy atom. The third kappa shape index (κ3) is 4.90. The van der Waals surface area contributed by atoms with Crippen molar-refractivity contribution in [3.8, 4) is 22.4 Å². The van der Waals surface area contributed by atoms with Gasteiger partial charge in [-0.15, -0.1) is 0 Å². The number of anilines is 2. The number of amides is 3. The van der Waals surface area contributed by atoms with Gasteiger partial charge < -0.3 is 16.4 Å². The summed E-state index contributed by atoms with van der Waals surface area (Å²) in [6, 6.07) is 12.0. The van der Waals surface area contributed by atoms with Crippen LogP contribution in [0.15, 0.2) is 67.0 Å². The Kier molecular flexibility index (Phi) is 6.30. The minimum absolute atomic E-state index is 0.0557. The number of rotatable bonds is 6. The maximum absolute atomic E-state index is 14.5. The fourth-order valence-electron chi connectivity index (χ4n) is 3.33. The van der Waals surface area contributed by atoms with Crippen molar-refractivity contribution in [2.75, 3.05) is 10.6 Å². The molecule has 0 aliphatic heterocycles. The number of nitrogens with two attached hydrogens (primary N) is 1. The third-order valence-electron chi connectivity index (χ3n) is 5.00. The summed E-state index contributed by atoms with van der Waals surface area (Å²) in [4.78, 5) is 27.9. The van der Waals surface area contributed by atoms with Gasteiger partial charge in [0.25, 0.3) is 5.91 Å². The number of nitrogens with zero attached hydrogens (tertiary/aromatic N) is 3. The zero-order valence-corrected chi connectivity index (χ0v) is 18.0. The van der Waals surface area contributed by atoms with Gasteiger partial charge in [-0.3, -0.25) is 14.5 Å². The number of aryl methyl sites for hydroxylation is 1. The highest BCUT2D eigenvalue weighted by Gasteiger charge is 2.17. The summed E-state index contributed by atoms with van der Waals surface area (Å²) in [6.07, 6.45) is 3.25. The van der Waals surface area contributed by atoms with Crippen molar-refractivity contribution in [1.82, 2.24) is 14.8 Å². The molecular weight excluding hydrogens is 442 g/mol. The Labute approximate surface area is 193 Å². The van der Waals surface area contributed by atoms with E-state index in [1.807, 2.05) is 6.92 Å². The molecule has 172 valence electrons. The molecule has 10 heteroatoms. The summed E-state index contributed by atoms with van der Waals surface area (Å²) in [5.41, 5.74) is 8.14. The van der Waals surface area contributed by atoms with Gasteiger partial charge in [-0.2, -0.15) is 5.10 Å². The predicted octanol–water partition coefficient (Wildman–Crippen LogP) is 4.65. The zero-order chi connectivity index (χ0) is 24.2. The van der Waals surface area contributed by atoms with Crippen LogP contribution in [0.5, 0.6) is 0 Å². The van der Waals surface area contributed by atoms with E-state index in [1.54, 1.807) is 23.0 Å². The van der Waals surface area contributed by atoms with E-state index in [0.29, 0.717) is 34.6 Å². The first kappa shape index (κ1) is 22.6. The van der Waals surface area contributed by atoms with Gasteiger partial charge in [0.15, 0.2) is 0 Å². The first-order valence-corrected chi connectivity index (χ1v) is 10.3. The molecule has 3 amide bonds. The molecule has 0 saturated heterocycles. The maximum atomic E-state index is 14.5. The number of benzene rings is 2. The monoisotopic (exact) mass is 462 g/mol. The molecule has 0 spiro atoms. The normalized spacial score (nSPS) is 10.7. The highest BCUT2D eigenvalue weighted by Crippen LogP contribution is 2.33. The molecule has 34 heavy (non-hydrogen) atoms. The Bertz CT molecular complexity index is 1370. The number of hydrogen-bond donors (Lipinski definition) is 3. The average molecular weight is 462 g/mol. The second-order valence-electron chi connectivity index (χ2n) is 7.32. The van der Waals surface area contributed by atoms with Crippen LogP contribution in [0.4, 0.5) is 25.0 Å². The van der Waals surface area contributed by atoms with E-state index >= 15 is 0 Å². The topological polar surface area (TPSA) is 115 Å². The molecule has 0 aliphatic carbocycles. The van der Waals surface area contributed by atoms with E-state index < -0.39 is 23.6 Å². The van der Waals surface area contributed by atoms with Crippen molar-refractivity contribution in [2.24, 2.45) is 5.73 Å². The fourth-order valence-corrected chi connectivity index (χ4v) is 3.33. The van der Waals surface area contributed by atoms with E-state index in [1.165, 1.54) is 48.7 Å².